The molecular formula is C11H16N2O3S. The second kappa shape index (κ2) is 7.03. The van der Waals surface area contributed by atoms with E-state index in [1.807, 2.05) is 17.5 Å². The van der Waals surface area contributed by atoms with Crippen LogP contribution in [0, 0.1) is 0 Å². The van der Waals surface area contributed by atoms with Gasteiger partial charge in [-0.1, -0.05) is 6.07 Å². The van der Waals surface area contributed by atoms with Gasteiger partial charge in [-0.05, 0) is 24.8 Å². The number of carbonyl (C=O) groups is 2. The summed E-state index contributed by atoms with van der Waals surface area (Å²) in [5.41, 5.74) is 0. The molecule has 1 heterocycles. The summed E-state index contributed by atoms with van der Waals surface area (Å²) in [6.45, 7) is 2.10. The first kappa shape index (κ1) is 13.7. The van der Waals surface area contributed by atoms with Crippen LogP contribution in [0.4, 0.5) is 0 Å². The van der Waals surface area contributed by atoms with Gasteiger partial charge in [0.15, 0.2) is 0 Å². The predicted octanol–water partition coefficient (Wildman–Crippen LogP) is 0.469. The lowest BCUT2D eigenvalue weighted by Crippen LogP contribution is -2.41. The molecule has 0 bridgehead atoms. The minimum Gasteiger partial charge on any atom is -0.480 e. The molecule has 0 aliphatic carbocycles. The van der Waals surface area contributed by atoms with Crippen LogP contribution < -0.4 is 10.6 Å². The summed E-state index contributed by atoms with van der Waals surface area (Å²) in [4.78, 5) is 23.0. The average molecular weight is 256 g/mol. The molecule has 0 spiro atoms. The molecule has 1 aromatic heterocycles. The Labute approximate surface area is 104 Å². The van der Waals surface area contributed by atoms with E-state index in [0.29, 0.717) is 6.54 Å². The van der Waals surface area contributed by atoms with Crippen molar-refractivity contribution in [2.24, 2.45) is 0 Å². The van der Waals surface area contributed by atoms with Crippen molar-refractivity contribution in [1.82, 2.24) is 10.6 Å². The molecule has 0 saturated carbocycles. The van der Waals surface area contributed by atoms with Crippen molar-refractivity contribution in [3.63, 3.8) is 0 Å². The number of carbonyl (C=O) groups excluding carboxylic acids is 1. The smallest absolute Gasteiger partial charge is 0.320 e. The van der Waals surface area contributed by atoms with Crippen molar-refractivity contribution in [3.05, 3.63) is 22.4 Å². The van der Waals surface area contributed by atoms with Gasteiger partial charge in [-0.3, -0.25) is 14.9 Å². The zero-order chi connectivity index (χ0) is 12.7. The minimum absolute atomic E-state index is 0.0257. The molecule has 1 rings (SSSR count). The molecule has 17 heavy (non-hydrogen) atoms. The summed E-state index contributed by atoms with van der Waals surface area (Å²) in [5, 5.41) is 15.9. The van der Waals surface area contributed by atoms with E-state index >= 15 is 0 Å². The fourth-order valence-corrected chi connectivity index (χ4v) is 1.88. The number of thiophene rings is 1. The first-order valence-corrected chi connectivity index (χ1v) is 6.23. The third-order valence-corrected chi connectivity index (χ3v) is 3.15. The Morgan fingerprint density at radius 2 is 2.29 bits per heavy atom. The van der Waals surface area contributed by atoms with E-state index < -0.39 is 12.0 Å². The van der Waals surface area contributed by atoms with Gasteiger partial charge >= 0.3 is 5.97 Å². The van der Waals surface area contributed by atoms with Gasteiger partial charge in [0.25, 0.3) is 0 Å². The average Bonchev–Trinajstić information content (AvgIpc) is 2.78. The summed E-state index contributed by atoms with van der Waals surface area (Å²) in [6.07, 6.45) is 0.803. The van der Waals surface area contributed by atoms with Gasteiger partial charge < -0.3 is 10.4 Å². The Hall–Kier alpha value is -1.40. The van der Waals surface area contributed by atoms with E-state index in [-0.39, 0.29) is 12.5 Å². The molecular weight excluding hydrogens is 240 g/mol. The van der Waals surface area contributed by atoms with Crippen molar-refractivity contribution >= 4 is 23.2 Å². The number of hydrogen-bond donors (Lipinski definition) is 3. The highest BCUT2D eigenvalue weighted by Gasteiger charge is 2.11. The SMILES string of the molecule is C[C@@H](NCC(=O)NCCc1cccs1)C(=O)O. The summed E-state index contributed by atoms with van der Waals surface area (Å²) in [7, 11) is 0. The molecule has 0 radical (unpaired) electrons. The fraction of sp³-hybridized carbons (Fsp3) is 0.455. The number of nitrogens with one attached hydrogen (secondary N) is 2. The van der Waals surface area contributed by atoms with Gasteiger partial charge in [-0.25, -0.2) is 0 Å². The molecule has 94 valence electrons. The van der Waals surface area contributed by atoms with Crippen LogP contribution in [0.1, 0.15) is 11.8 Å². The fourth-order valence-electron chi connectivity index (χ4n) is 1.18. The molecule has 0 saturated heterocycles. The third kappa shape index (κ3) is 5.46. The molecule has 3 N–H and O–H groups in total. The Balaban J connectivity index is 2.11. The van der Waals surface area contributed by atoms with Crippen LogP contribution in [0.5, 0.6) is 0 Å². The molecule has 5 nitrogen and oxygen atoms in total. The van der Waals surface area contributed by atoms with E-state index in [4.69, 9.17) is 5.11 Å². The van der Waals surface area contributed by atoms with Crippen molar-refractivity contribution in [2.75, 3.05) is 13.1 Å². The van der Waals surface area contributed by atoms with Crippen molar-refractivity contribution in [2.45, 2.75) is 19.4 Å². The quantitative estimate of drug-likeness (QED) is 0.662. The summed E-state index contributed by atoms with van der Waals surface area (Å²) < 4.78 is 0. The van der Waals surface area contributed by atoms with Crippen LogP contribution >= 0.6 is 11.3 Å². The first-order valence-electron chi connectivity index (χ1n) is 5.35. The maximum absolute atomic E-state index is 11.3. The normalized spacial score (nSPS) is 12.1. The second-order valence-electron chi connectivity index (χ2n) is 3.62. The van der Waals surface area contributed by atoms with Crippen LogP contribution in [0.3, 0.4) is 0 Å². The Morgan fingerprint density at radius 1 is 1.53 bits per heavy atom. The third-order valence-electron chi connectivity index (χ3n) is 2.21. The molecule has 1 aromatic rings. The van der Waals surface area contributed by atoms with Crippen LogP contribution in [0.25, 0.3) is 0 Å². The maximum atomic E-state index is 11.3. The van der Waals surface area contributed by atoms with E-state index in [0.717, 1.165) is 6.42 Å². The lowest BCUT2D eigenvalue weighted by molar-refractivity contribution is -0.139. The minimum atomic E-state index is -0.962. The first-order chi connectivity index (χ1) is 8.09. The zero-order valence-electron chi connectivity index (χ0n) is 9.60. The molecule has 0 aliphatic heterocycles. The molecule has 6 heteroatoms. The second-order valence-corrected chi connectivity index (χ2v) is 4.65. The number of aliphatic carboxylic acids is 1. The Bertz CT molecular complexity index is 365. The van der Waals surface area contributed by atoms with Crippen molar-refractivity contribution in [1.29, 1.82) is 0 Å². The topological polar surface area (TPSA) is 78.4 Å². The highest BCUT2D eigenvalue weighted by molar-refractivity contribution is 7.09. The highest BCUT2D eigenvalue weighted by atomic mass is 32.1. The highest BCUT2D eigenvalue weighted by Crippen LogP contribution is 2.07. The number of rotatable bonds is 7. The van der Waals surface area contributed by atoms with E-state index in [1.165, 1.54) is 11.8 Å². The maximum Gasteiger partial charge on any atom is 0.320 e. The number of carboxylic acid groups (broad SMARTS) is 1. The van der Waals surface area contributed by atoms with E-state index in [9.17, 15) is 9.59 Å². The zero-order valence-corrected chi connectivity index (χ0v) is 10.4. The Kier molecular flexibility index (Phi) is 5.65. The molecule has 1 amide bonds. The molecule has 0 aromatic carbocycles. The molecule has 0 unspecified atom stereocenters. The van der Waals surface area contributed by atoms with E-state index in [1.54, 1.807) is 11.3 Å². The Morgan fingerprint density at radius 3 is 2.88 bits per heavy atom. The van der Waals surface area contributed by atoms with Gasteiger partial charge in [-0.15, -0.1) is 11.3 Å². The van der Waals surface area contributed by atoms with Crippen molar-refractivity contribution in [3.8, 4) is 0 Å². The van der Waals surface area contributed by atoms with Crippen LogP contribution in [0.15, 0.2) is 17.5 Å². The van der Waals surface area contributed by atoms with Crippen LogP contribution in [0.2, 0.25) is 0 Å². The van der Waals surface area contributed by atoms with Gasteiger partial charge in [-0.2, -0.15) is 0 Å². The van der Waals surface area contributed by atoms with E-state index in [2.05, 4.69) is 10.6 Å². The number of hydrogen-bond acceptors (Lipinski definition) is 4. The van der Waals surface area contributed by atoms with Gasteiger partial charge in [0, 0.05) is 11.4 Å². The predicted molar refractivity (Wildman–Crippen MR) is 66.1 cm³/mol. The van der Waals surface area contributed by atoms with Crippen LogP contribution in [-0.4, -0.2) is 36.1 Å². The number of amides is 1. The molecule has 0 fully saturated rings. The molecule has 0 aliphatic rings. The van der Waals surface area contributed by atoms with Gasteiger partial charge in [0.1, 0.15) is 6.04 Å². The lowest BCUT2D eigenvalue weighted by atomic mass is 10.3. The largest absolute Gasteiger partial charge is 0.480 e. The summed E-state index contributed by atoms with van der Waals surface area (Å²) in [6, 6.07) is 3.28. The standard InChI is InChI=1S/C11H16N2O3S/c1-8(11(15)16)13-7-10(14)12-5-4-9-3-2-6-17-9/h2-3,6,8,13H,4-5,7H2,1H3,(H,12,14)(H,15,16)/t8-/m1/s1. The number of carboxylic acids is 1. The van der Waals surface area contributed by atoms with Crippen LogP contribution in [-0.2, 0) is 16.0 Å². The summed E-state index contributed by atoms with van der Waals surface area (Å²) in [5.74, 6) is -1.15. The van der Waals surface area contributed by atoms with Gasteiger partial charge in [0.05, 0.1) is 6.54 Å². The molecule has 1 atom stereocenters. The monoisotopic (exact) mass is 256 g/mol. The van der Waals surface area contributed by atoms with Gasteiger partial charge in [0.2, 0.25) is 5.91 Å². The lowest BCUT2D eigenvalue weighted by Gasteiger charge is -2.09. The summed E-state index contributed by atoms with van der Waals surface area (Å²) >= 11 is 1.65. The van der Waals surface area contributed by atoms with Crippen molar-refractivity contribution < 1.29 is 14.7 Å².